The van der Waals surface area contributed by atoms with E-state index in [4.69, 9.17) is 11.6 Å². The molecular formula is C9H6ClNO. The summed E-state index contributed by atoms with van der Waals surface area (Å²) >= 11 is 5.66. The van der Waals surface area contributed by atoms with Gasteiger partial charge in [0.25, 0.3) is 0 Å². The van der Waals surface area contributed by atoms with E-state index >= 15 is 0 Å². The van der Waals surface area contributed by atoms with Crippen molar-refractivity contribution < 1.29 is 4.79 Å². The van der Waals surface area contributed by atoms with Crippen molar-refractivity contribution in [2.45, 2.75) is 6.42 Å². The summed E-state index contributed by atoms with van der Waals surface area (Å²) in [4.78, 5) is 13.8. The molecule has 60 valence electrons. The summed E-state index contributed by atoms with van der Waals surface area (Å²) in [7, 11) is 0. The number of nitrogens with zero attached hydrogens (tertiary/aromatic N) is 1. The van der Waals surface area contributed by atoms with Crippen LogP contribution < -0.4 is 0 Å². The van der Waals surface area contributed by atoms with Gasteiger partial charge in [-0.1, -0.05) is 23.4 Å². The van der Waals surface area contributed by atoms with Crippen molar-refractivity contribution in [1.82, 2.24) is 4.98 Å². The van der Waals surface area contributed by atoms with Crippen molar-refractivity contribution in [1.29, 1.82) is 0 Å². The molecule has 0 amide bonds. The minimum absolute atomic E-state index is 0.243. The number of aromatic nitrogens is 1. The molecular weight excluding hydrogens is 174 g/mol. The number of hydrogen-bond donors (Lipinski definition) is 0. The number of hydrogen-bond acceptors (Lipinski definition) is 2. The Morgan fingerprint density at radius 1 is 1.58 bits per heavy atom. The van der Waals surface area contributed by atoms with Crippen LogP contribution in [-0.2, 0) is 4.79 Å². The molecule has 0 unspecified atom stereocenters. The van der Waals surface area contributed by atoms with Crippen LogP contribution >= 0.6 is 11.6 Å². The van der Waals surface area contributed by atoms with Gasteiger partial charge >= 0.3 is 0 Å². The highest BCUT2D eigenvalue weighted by atomic mass is 35.5. The van der Waals surface area contributed by atoms with Crippen LogP contribution in [0, 0.1) is 11.8 Å². The first-order chi connectivity index (χ1) is 5.83. The van der Waals surface area contributed by atoms with Gasteiger partial charge in [-0.15, -0.1) is 0 Å². The van der Waals surface area contributed by atoms with Gasteiger partial charge in [-0.25, -0.2) is 0 Å². The summed E-state index contributed by atoms with van der Waals surface area (Å²) in [5.41, 5.74) is 0.726. The van der Waals surface area contributed by atoms with Gasteiger partial charge in [-0.2, -0.15) is 0 Å². The fourth-order valence-corrected chi connectivity index (χ4v) is 0.849. The van der Waals surface area contributed by atoms with E-state index in [0.29, 0.717) is 5.02 Å². The molecule has 1 aromatic rings. The summed E-state index contributed by atoms with van der Waals surface area (Å²) in [6, 6.07) is 1.70. The molecule has 0 fully saturated rings. The summed E-state index contributed by atoms with van der Waals surface area (Å²) in [5.74, 6) is 5.42. The third-order valence-electron chi connectivity index (χ3n) is 1.12. The normalized spacial score (nSPS) is 8.42. The van der Waals surface area contributed by atoms with Crippen LogP contribution in [0.4, 0.5) is 0 Å². The first-order valence-electron chi connectivity index (χ1n) is 3.36. The fraction of sp³-hybridized carbons (Fsp3) is 0.111. The highest BCUT2D eigenvalue weighted by molar-refractivity contribution is 6.30. The highest BCUT2D eigenvalue weighted by Gasteiger charge is 1.88. The second kappa shape index (κ2) is 4.53. The molecule has 0 spiro atoms. The van der Waals surface area contributed by atoms with Gasteiger partial charge in [0, 0.05) is 18.0 Å². The zero-order valence-corrected chi connectivity index (χ0v) is 7.01. The average Bonchev–Trinajstić information content (AvgIpc) is 2.05. The van der Waals surface area contributed by atoms with Crippen molar-refractivity contribution >= 4 is 17.9 Å². The van der Waals surface area contributed by atoms with Gasteiger partial charge in [0.1, 0.15) is 6.29 Å². The van der Waals surface area contributed by atoms with E-state index in [1.54, 1.807) is 12.3 Å². The van der Waals surface area contributed by atoms with Gasteiger partial charge in [0.15, 0.2) is 0 Å². The van der Waals surface area contributed by atoms with E-state index in [1.807, 2.05) is 0 Å². The van der Waals surface area contributed by atoms with Gasteiger partial charge < -0.3 is 4.79 Å². The lowest BCUT2D eigenvalue weighted by Gasteiger charge is -1.88. The number of aldehydes is 1. The molecule has 3 heteroatoms. The van der Waals surface area contributed by atoms with Crippen LogP contribution in [-0.4, -0.2) is 11.3 Å². The summed E-state index contributed by atoms with van der Waals surface area (Å²) in [6.07, 6.45) is 4.13. The molecule has 0 radical (unpaired) electrons. The second-order valence-electron chi connectivity index (χ2n) is 2.06. The molecule has 1 rings (SSSR count). The van der Waals surface area contributed by atoms with Crippen molar-refractivity contribution in [3.8, 4) is 11.8 Å². The number of carbonyl (C=O) groups is 1. The SMILES string of the molecule is O=CCC#Cc1cncc(Cl)c1. The molecule has 0 aliphatic rings. The van der Waals surface area contributed by atoms with E-state index in [-0.39, 0.29) is 6.42 Å². The topological polar surface area (TPSA) is 30.0 Å². The molecule has 0 atom stereocenters. The third kappa shape index (κ3) is 2.73. The maximum absolute atomic E-state index is 9.92. The number of halogens is 1. The Hall–Kier alpha value is -1.33. The van der Waals surface area contributed by atoms with Gasteiger partial charge in [-0.05, 0) is 6.07 Å². The van der Waals surface area contributed by atoms with Gasteiger partial charge in [0.05, 0.1) is 11.4 Å². The van der Waals surface area contributed by atoms with Crippen LogP contribution in [0.2, 0.25) is 5.02 Å². The third-order valence-corrected chi connectivity index (χ3v) is 1.33. The number of rotatable bonds is 1. The quantitative estimate of drug-likeness (QED) is 0.485. The lowest BCUT2D eigenvalue weighted by molar-refractivity contribution is -0.107. The van der Waals surface area contributed by atoms with Crippen LogP contribution in [0.1, 0.15) is 12.0 Å². The summed E-state index contributed by atoms with van der Waals surface area (Å²) in [6.45, 7) is 0. The molecule has 0 aliphatic carbocycles. The Bertz CT molecular complexity index is 338. The first kappa shape index (κ1) is 8.76. The first-order valence-corrected chi connectivity index (χ1v) is 3.74. The van der Waals surface area contributed by atoms with E-state index in [9.17, 15) is 4.79 Å². The monoisotopic (exact) mass is 179 g/mol. The molecule has 0 aliphatic heterocycles. The van der Waals surface area contributed by atoms with E-state index < -0.39 is 0 Å². The van der Waals surface area contributed by atoms with Gasteiger partial charge in [-0.3, -0.25) is 4.98 Å². The summed E-state index contributed by atoms with van der Waals surface area (Å²) < 4.78 is 0. The molecule has 0 aromatic carbocycles. The Kier molecular flexibility index (Phi) is 3.31. The van der Waals surface area contributed by atoms with Crippen LogP contribution in [0.15, 0.2) is 18.5 Å². The summed E-state index contributed by atoms with van der Waals surface area (Å²) in [5, 5.41) is 0.549. The maximum Gasteiger partial charge on any atom is 0.131 e. The molecule has 0 bridgehead atoms. The van der Waals surface area contributed by atoms with Crippen molar-refractivity contribution in [2.24, 2.45) is 0 Å². The molecule has 2 nitrogen and oxygen atoms in total. The molecule has 0 saturated carbocycles. The maximum atomic E-state index is 9.92. The van der Waals surface area contributed by atoms with Crippen molar-refractivity contribution in [3.63, 3.8) is 0 Å². The zero-order valence-electron chi connectivity index (χ0n) is 6.25. The average molecular weight is 180 g/mol. The molecule has 0 N–H and O–H groups in total. The van der Waals surface area contributed by atoms with Crippen LogP contribution in [0.25, 0.3) is 0 Å². The lowest BCUT2D eigenvalue weighted by Crippen LogP contribution is -1.77. The fourth-order valence-electron chi connectivity index (χ4n) is 0.675. The van der Waals surface area contributed by atoms with Crippen molar-refractivity contribution in [3.05, 3.63) is 29.0 Å². The molecule has 1 aromatic heterocycles. The Labute approximate surface area is 75.6 Å². The predicted molar refractivity (Wildman–Crippen MR) is 46.8 cm³/mol. The Balaban J connectivity index is 2.77. The van der Waals surface area contributed by atoms with Crippen LogP contribution in [0.3, 0.4) is 0 Å². The molecule has 0 saturated heterocycles. The Morgan fingerprint density at radius 3 is 3.08 bits per heavy atom. The van der Waals surface area contributed by atoms with Gasteiger partial charge in [0.2, 0.25) is 0 Å². The smallest absolute Gasteiger partial charge is 0.131 e. The van der Waals surface area contributed by atoms with E-state index in [2.05, 4.69) is 16.8 Å². The van der Waals surface area contributed by atoms with Crippen LogP contribution in [0.5, 0.6) is 0 Å². The molecule has 1 heterocycles. The van der Waals surface area contributed by atoms with Crippen molar-refractivity contribution in [2.75, 3.05) is 0 Å². The number of carbonyl (C=O) groups excluding carboxylic acids is 1. The Morgan fingerprint density at radius 2 is 2.42 bits per heavy atom. The lowest BCUT2D eigenvalue weighted by atomic mass is 10.3. The highest BCUT2D eigenvalue weighted by Crippen LogP contribution is 2.06. The standard InChI is InChI=1S/C9H6ClNO/c10-9-5-8(6-11-7-9)3-1-2-4-12/h4-7H,2H2. The number of pyridine rings is 1. The predicted octanol–water partition coefficient (Wildman–Crippen LogP) is 1.68. The zero-order chi connectivity index (χ0) is 8.81. The minimum atomic E-state index is 0.243. The van der Waals surface area contributed by atoms with E-state index in [1.165, 1.54) is 6.20 Å². The second-order valence-corrected chi connectivity index (χ2v) is 2.50. The largest absolute Gasteiger partial charge is 0.302 e. The molecule has 12 heavy (non-hydrogen) atoms. The van der Waals surface area contributed by atoms with E-state index in [0.717, 1.165) is 11.8 Å². The minimum Gasteiger partial charge on any atom is -0.302 e.